The van der Waals surface area contributed by atoms with Crippen LogP contribution in [0.25, 0.3) is 10.9 Å². The molecule has 3 aromatic rings. The van der Waals surface area contributed by atoms with Crippen molar-refractivity contribution in [1.82, 2.24) is 5.16 Å². The molecule has 18 heavy (non-hydrogen) atoms. The maximum absolute atomic E-state index is 12.3. The molecule has 1 heterocycles. The van der Waals surface area contributed by atoms with Crippen LogP contribution in [0.4, 0.5) is 0 Å². The SMILES string of the molecule is Cc1ccc2noc(C(=O)c3ccccc3)c2c1. The first-order valence-electron chi connectivity index (χ1n) is 5.71. The van der Waals surface area contributed by atoms with E-state index in [1.165, 1.54) is 0 Å². The number of benzene rings is 2. The summed E-state index contributed by atoms with van der Waals surface area (Å²) in [6.07, 6.45) is 0. The van der Waals surface area contributed by atoms with Gasteiger partial charge < -0.3 is 4.52 Å². The number of carbonyl (C=O) groups is 1. The third-order valence-electron chi connectivity index (χ3n) is 2.87. The van der Waals surface area contributed by atoms with E-state index in [-0.39, 0.29) is 5.78 Å². The minimum Gasteiger partial charge on any atom is -0.351 e. The molecule has 3 nitrogen and oxygen atoms in total. The lowest BCUT2D eigenvalue weighted by Crippen LogP contribution is -1.99. The second-order valence-electron chi connectivity index (χ2n) is 4.23. The summed E-state index contributed by atoms with van der Waals surface area (Å²) in [5.74, 6) is 0.170. The number of aromatic nitrogens is 1. The molecule has 0 saturated heterocycles. The van der Waals surface area contributed by atoms with Crippen LogP contribution in [0.1, 0.15) is 21.7 Å². The minimum absolute atomic E-state index is 0.135. The third-order valence-corrected chi connectivity index (χ3v) is 2.87. The Morgan fingerprint density at radius 3 is 2.67 bits per heavy atom. The molecule has 0 saturated carbocycles. The Balaban J connectivity index is 2.15. The molecule has 0 unspecified atom stereocenters. The molecule has 0 aliphatic heterocycles. The van der Waals surface area contributed by atoms with E-state index in [0.717, 1.165) is 10.9 Å². The molecule has 0 fully saturated rings. The Morgan fingerprint density at radius 2 is 1.89 bits per heavy atom. The fourth-order valence-corrected chi connectivity index (χ4v) is 1.94. The van der Waals surface area contributed by atoms with Gasteiger partial charge in [-0.2, -0.15) is 0 Å². The first-order chi connectivity index (χ1) is 8.75. The summed E-state index contributed by atoms with van der Waals surface area (Å²) in [6, 6.07) is 14.8. The Morgan fingerprint density at radius 1 is 1.11 bits per heavy atom. The van der Waals surface area contributed by atoms with Gasteiger partial charge in [0.25, 0.3) is 0 Å². The lowest BCUT2D eigenvalue weighted by Gasteiger charge is -1.97. The molecule has 1 aromatic heterocycles. The number of fused-ring (bicyclic) bond motifs is 1. The van der Waals surface area contributed by atoms with Gasteiger partial charge in [0.1, 0.15) is 5.52 Å². The minimum atomic E-state index is -0.135. The van der Waals surface area contributed by atoms with Crippen molar-refractivity contribution in [2.24, 2.45) is 0 Å². The predicted octanol–water partition coefficient (Wildman–Crippen LogP) is 3.37. The average molecular weight is 237 g/mol. The maximum Gasteiger partial charge on any atom is 0.231 e. The number of hydrogen-bond acceptors (Lipinski definition) is 3. The molecule has 3 heteroatoms. The van der Waals surface area contributed by atoms with Gasteiger partial charge in [0.15, 0.2) is 0 Å². The van der Waals surface area contributed by atoms with Crippen LogP contribution in [-0.2, 0) is 0 Å². The van der Waals surface area contributed by atoms with Crippen molar-refractivity contribution in [2.45, 2.75) is 6.92 Å². The van der Waals surface area contributed by atoms with E-state index in [4.69, 9.17) is 4.52 Å². The van der Waals surface area contributed by atoms with Crippen LogP contribution in [0.2, 0.25) is 0 Å². The van der Waals surface area contributed by atoms with Crippen molar-refractivity contribution >= 4 is 16.7 Å². The normalized spacial score (nSPS) is 10.7. The smallest absolute Gasteiger partial charge is 0.231 e. The van der Waals surface area contributed by atoms with Crippen LogP contribution >= 0.6 is 0 Å². The van der Waals surface area contributed by atoms with Crippen molar-refractivity contribution in [3.63, 3.8) is 0 Å². The summed E-state index contributed by atoms with van der Waals surface area (Å²) in [7, 11) is 0. The topological polar surface area (TPSA) is 43.1 Å². The van der Waals surface area contributed by atoms with Gasteiger partial charge in [-0.15, -0.1) is 0 Å². The fourth-order valence-electron chi connectivity index (χ4n) is 1.94. The largest absolute Gasteiger partial charge is 0.351 e. The van der Waals surface area contributed by atoms with Crippen LogP contribution in [-0.4, -0.2) is 10.9 Å². The second kappa shape index (κ2) is 4.11. The standard InChI is InChI=1S/C15H11NO2/c1-10-7-8-13-12(9-10)15(18-16-13)14(17)11-5-3-2-4-6-11/h2-9H,1H3. The van der Waals surface area contributed by atoms with E-state index in [1.54, 1.807) is 12.1 Å². The summed E-state index contributed by atoms with van der Waals surface area (Å²) in [5, 5.41) is 4.68. The van der Waals surface area contributed by atoms with Gasteiger partial charge in [0, 0.05) is 5.56 Å². The summed E-state index contributed by atoms with van der Waals surface area (Å²) < 4.78 is 5.19. The zero-order chi connectivity index (χ0) is 12.5. The molecule has 3 rings (SSSR count). The number of nitrogens with zero attached hydrogens (tertiary/aromatic N) is 1. The van der Waals surface area contributed by atoms with Crippen LogP contribution in [0.3, 0.4) is 0 Å². The van der Waals surface area contributed by atoms with Crippen LogP contribution in [0.5, 0.6) is 0 Å². The zero-order valence-electron chi connectivity index (χ0n) is 9.88. The Bertz CT molecular complexity index is 714. The molecule has 0 aliphatic carbocycles. The molecule has 0 radical (unpaired) electrons. The lowest BCUT2D eigenvalue weighted by molar-refractivity contribution is 0.100. The zero-order valence-corrected chi connectivity index (χ0v) is 9.88. The number of carbonyl (C=O) groups excluding carboxylic acids is 1. The number of aryl methyl sites for hydroxylation is 1. The summed E-state index contributed by atoms with van der Waals surface area (Å²) in [5.41, 5.74) is 2.39. The van der Waals surface area contributed by atoms with Gasteiger partial charge >= 0.3 is 0 Å². The van der Waals surface area contributed by atoms with E-state index >= 15 is 0 Å². The Kier molecular flexibility index (Phi) is 2.45. The second-order valence-corrected chi connectivity index (χ2v) is 4.23. The van der Waals surface area contributed by atoms with Crippen molar-refractivity contribution in [3.05, 3.63) is 65.4 Å². The predicted molar refractivity (Wildman–Crippen MR) is 68.6 cm³/mol. The van der Waals surface area contributed by atoms with E-state index in [1.807, 2.05) is 43.3 Å². The van der Waals surface area contributed by atoms with Gasteiger partial charge in [-0.1, -0.05) is 47.1 Å². The van der Waals surface area contributed by atoms with Gasteiger partial charge in [-0.3, -0.25) is 4.79 Å². The highest BCUT2D eigenvalue weighted by Crippen LogP contribution is 2.22. The van der Waals surface area contributed by atoms with E-state index in [2.05, 4.69) is 5.16 Å². The number of hydrogen-bond donors (Lipinski definition) is 0. The highest BCUT2D eigenvalue weighted by molar-refractivity contribution is 6.13. The molecular weight excluding hydrogens is 226 g/mol. The van der Waals surface area contributed by atoms with Crippen LogP contribution in [0.15, 0.2) is 53.1 Å². The average Bonchev–Trinajstić information content (AvgIpc) is 2.82. The summed E-state index contributed by atoms with van der Waals surface area (Å²) in [6.45, 7) is 1.98. The molecule has 0 bridgehead atoms. The van der Waals surface area contributed by atoms with E-state index in [0.29, 0.717) is 16.8 Å². The van der Waals surface area contributed by atoms with Crippen molar-refractivity contribution in [3.8, 4) is 0 Å². The molecule has 0 spiro atoms. The molecule has 0 atom stereocenters. The molecule has 0 N–H and O–H groups in total. The molecular formula is C15H11NO2. The van der Waals surface area contributed by atoms with Gasteiger partial charge in [-0.05, 0) is 19.1 Å². The van der Waals surface area contributed by atoms with Gasteiger partial charge in [0.05, 0.1) is 5.39 Å². The first kappa shape index (κ1) is 10.7. The van der Waals surface area contributed by atoms with E-state index in [9.17, 15) is 4.79 Å². The van der Waals surface area contributed by atoms with Gasteiger partial charge in [-0.25, -0.2) is 0 Å². The highest BCUT2D eigenvalue weighted by Gasteiger charge is 2.17. The third kappa shape index (κ3) is 1.70. The number of ketones is 1. The number of rotatable bonds is 2. The Labute approximate surface area is 104 Å². The fraction of sp³-hybridized carbons (Fsp3) is 0.0667. The lowest BCUT2D eigenvalue weighted by atomic mass is 10.1. The maximum atomic E-state index is 12.3. The summed E-state index contributed by atoms with van der Waals surface area (Å²) >= 11 is 0. The molecule has 88 valence electrons. The molecule has 2 aromatic carbocycles. The van der Waals surface area contributed by atoms with Crippen molar-refractivity contribution in [2.75, 3.05) is 0 Å². The van der Waals surface area contributed by atoms with Crippen LogP contribution in [0, 0.1) is 6.92 Å². The monoisotopic (exact) mass is 237 g/mol. The molecule has 0 aliphatic rings. The Hall–Kier alpha value is -2.42. The first-order valence-corrected chi connectivity index (χ1v) is 5.71. The summed E-state index contributed by atoms with van der Waals surface area (Å²) in [4.78, 5) is 12.3. The van der Waals surface area contributed by atoms with Crippen LogP contribution < -0.4 is 0 Å². The molecule has 0 amide bonds. The quantitative estimate of drug-likeness (QED) is 0.642. The highest BCUT2D eigenvalue weighted by atomic mass is 16.5. The van der Waals surface area contributed by atoms with E-state index < -0.39 is 0 Å². The van der Waals surface area contributed by atoms with Gasteiger partial charge in [0.2, 0.25) is 11.5 Å². The van der Waals surface area contributed by atoms with Crippen molar-refractivity contribution in [1.29, 1.82) is 0 Å². The van der Waals surface area contributed by atoms with Crippen molar-refractivity contribution < 1.29 is 9.32 Å².